The number of nitrogens with two attached hydrogens (primary N) is 1. The second-order valence-electron chi connectivity index (χ2n) is 4.19. The van der Waals surface area contributed by atoms with Gasteiger partial charge < -0.3 is 16.2 Å². The van der Waals surface area contributed by atoms with Gasteiger partial charge in [0.2, 0.25) is 0 Å². The van der Waals surface area contributed by atoms with Crippen molar-refractivity contribution in [3.63, 3.8) is 0 Å². The number of nitrogens with one attached hydrogen (secondary N) is 1. The van der Waals surface area contributed by atoms with E-state index >= 15 is 0 Å². The zero-order valence-electron chi connectivity index (χ0n) is 10.3. The molecule has 0 saturated heterocycles. The van der Waals surface area contributed by atoms with E-state index in [-0.39, 0.29) is 11.7 Å². The number of hydrogen-bond acceptors (Lipinski definition) is 3. The van der Waals surface area contributed by atoms with E-state index in [0.717, 1.165) is 5.56 Å². The summed E-state index contributed by atoms with van der Waals surface area (Å²) in [5, 5.41) is 12.3. The van der Waals surface area contributed by atoms with Gasteiger partial charge >= 0.3 is 0 Å². The number of phenols is 1. The molecule has 2 aromatic rings. The maximum atomic E-state index is 12.1. The van der Waals surface area contributed by atoms with Gasteiger partial charge in [-0.3, -0.25) is 4.79 Å². The number of benzene rings is 2. The van der Waals surface area contributed by atoms with Gasteiger partial charge in [0.25, 0.3) is 5.91 Å². The van der Waals surface area contributed by atoms with Crippen LogP contribution in [0.15, 0.2) is 40.9 Å². The van der Waals surface area contributed by atoms with E-state index in [1.165, 1.54) is 6.07 Å². The van der Waals surface area contributed by atoms with Crippen LogP contribution in [-0.4, -0.2) is 11.0 Å². The Balaban J connectivity index is 2.25. The summed E-state index contributed by atoms with van der Waals surface area (Å²) in [5.74, 6) is -0.270. The lowest BCUT2D eigenvalue weighted by Gasteiger charge is -2.09. The minimum Gasteiger partial charge on any atom is -0.507 e. The van der Waals surface area contributed by atoms with Crippen LogP contribution in [0.2, 0.25) is 0 Å². The van der Waals surface area contributed by atoms with Gasteiger partial charge in [-0.05, 0) is 58.7 Å². The fourth-order valence-corrected chi connectivity index (χ4v) is 1.87. The van der Waals surface area contributed by atoms with Crippen LogP contribution in [0, 0.1) is 6.92 Å². The highest BCUT2D eigenvalue weighted by Crippen LogP contribution is 2.25. The lowest BCUT2D eigenvalue weighted by Crippen LogP contribution is -2.12. The van der Waals surface area contributed by atoms with E-state index < -0.39 is 0 Å². The third-order valence-corrected chi connectivity index (χ3v) is 3.39. The van der Waals surface area contributed by atoms with Crippen molar-refractivity contribution in [3.8, 4) is 5.75 Å². The molecule has 4 nitrogen and oxygen atoms in total. The molecule has 0 saturated carbocycles. The average molecular weight is 321 g/mol. The zero-order valence-corrected chi connectivity index (χ0v) is 11.9. The average Bonchev–Trinajstić information content (AvgIpc) is 2.37. The first-order valence-corrected chi connectivity index (χ1v) is 6.42. The van der Waals surface area contributed by atoms with Crippen molar-refractivity contribution in [2.24, 2.45) is 0 Å². The molecule has 5 heteroatoms. The second kappa shape index (κ2) is 5.32. The van der Waals surface area contributed by atoms with Crippen LogP contribution >= 0.6 is 15.9 Å². The number of carbonyl (C=O) groups is 1. The molecule has 0 atom stereocenters. The van der Waals surface area contributed by atoms with Crippen LogP contribution in [-0.2, 0) is 0 Å². The van der Waals surface area contributed by atoms with Crippen LogP contribution in [0.5, 0.6) is 5.75 Å². The Morgan fingerprint density at radius 3 is 2.68 bits per heavy atom. The number of rotatable bonds is 2. The number of nitrogen functional groups attached to an aromatic ring is 1. The van der Waals surface area contributed by atoms with Crippen molar-refractivity contribution >= 4 is 33.2 Å². The molecule has 0 aliphatic rings. The van der Waals surface area contributed by atoms with Gasteiger partial charge in [-0.1, -0.05) is 6.07 Å². The molecule has 0 aliphatic heterocycles. The van der Waals surface area contributed by atoms with E-state index in [9.17, 15) is 9.90 Å². The summed E-state index contributed by atoms with van der Waals surface area (Å²) in [7, 11) is 0. The van der Waals surface area contributed by atoms with Gasteiger partial charge in [0, 0.05) is 16.9 Å². The molecule has 0 heterocycles. The summed E-state index contributed by atoms with van der Waals surface area (Å²) >= 11 is 3.17. The minimum atomic E-state index is -0.295. The molecule has 0 radical (unpaired) electrons. The number of aryl methyl sites for hydroxylation is 1. The summed E-state index contributed by atoms with van der Waals surface area (Å²) < 4.78 is 0.546. The molecule has 2 rings (SSSR count). The predicted molar refractivity (Wildman–Crippen MR) is 79.4 cm³/mol. The summed E-state index contributed by atoms with van der Waals surface area (Å²) in [6.45, 7) is 1.88. The van der Waals surface area contributed by atoms with Crippen molar-refractivity contribution < 1.29 is 9.90 Å². The lowest BCUT2D eigenvalue weighted by molar-refractivity contribution is 0.102. The van der Waals surface area contributed by atoms with Crippen molar-refractivity contribution in [2.45, 2.75) is 6.92 Å². The topological polar surface area (TPSA) is 75.3 Å². The van der Waals surface area contributed by atoms with E-state index in [1.54, 1.807) is 24.3 Å². The van der Waals surface area contributed by atoms with Gasteiger partial charge in [0.15, 0.2) is 0 Å². The smallest absolute Gasteiger partial charge is 0.255 e. The molecule has 19 heavy (non-hydrogen) atoms. The third-order valence-electron chi connectivity index (χ3n) is 2.72. The van der Waals surface area contributed by atoms with E-state index in [1.807, 2.05) is 13.0 Å². The predicted octanol–water partition coefficient (Wildman–Crippen LogP) is 3.30. The van der Waals surface area contributed by atoms with Gasteiger partial charge in [0.05, 0.1) is 4.47 Å². The van der Waals surface area contributed by atoms with E-state index in [4.69, 9.17) is 5.73 Å². The quantitative estimate of drug-likeness (QED) is 0.743. The Morgan fingerprint density at radius 2 is 2.00 bits per heavy atom. The van der Waals surface area contributed by atoms with Crippen LogP contribution in [0.25, 0.3) is 0 Å². The Kier molecular flexibility index (Phi) is 3.76. The van der Waals surface area contributed by atoms with Gasteiger partial charge in [-0.25, -0.2) is 0 Å². The molecular formula is C14H13BrN2O2. The van der Waals surface area contributed by atoms with Gasteiger partial charge in [-0.15, -0.1) is 0 Å². The first kappa shape index (κ1) is 13.4. The molecule has 0 aliphatic carbocycles. The highest BCUT2D eigenvalue weighted by molar-refractivity contribution is 9.10. The van der Waals surface area contributed by atoms with Crippen molar-refractivity contribution in [1.82, 2.24) is 0 Å². The molecule has 0 aromatic heterocycles. The summed E-state index contributed by atoms with van der Waals surface area (Å²) in [4.78, 5) is 12.1. The molecular weight excluding hydrogens is 308 g/mol. The van der Waals surface area contributed by atoms with E-state index in [2.05, 4.69) is 21.2 Å². The number of carbonyl (C=O) groups excluding carboxylic acids is 1. The highest BCUT2D eigenvalue weighted by Gasteiger charge is 2.10. The number of phenolic OH excluding ortho intramolecular Hbond substituents is 1. The SMILES string of the molecule is Cc1ccc(N)cc1NC(=O)c1ccc(Br)c(O)c1. The third kappa shape index (κ3) is 3.06. The Labute approximate surface area is 119 Å². The molecule has 0 fully saturated rings. The summed E-state index contributed by atoms with van der Waals surface area (Å²) in [5.41, 5.74) is 8.23. The largest absolute Gasteiger partial charge is 0.507 e. The summed E-state index contributed by atoms with van der Waals surface area (Å²) in [6.07, 6.45) is 0. The van der Waals surface area contributed by atoms with Crippen molar-refractivity contribution in [3.05, 3.63) is 52.0 Å². The Morgan fingerprint density at radius 1 is 1.26 bits per heavy atom. The molecule has 0 spiro atoms. The molecule has 4 N–H and O–H groups in total. The number of halogens is 1. The maximum Gasteiger partial charge on any atom is 0.255 e. The minimum absolute atomic E-state index is 0.0250. The molecule has 2 aromatic carbocycles. The number of anilines is 2. The fourth-order valence-electron chi connectivity index (χ4n) is 1.62. The number of amides is 1. The van der Waals surface area contributed by atoms with Gasteiger partial charge in [-0.2, -0.15) is 0 Å². The molecule has 1 amide bonds. The summed E-state index contributed by atoms with van der Waals surface area (Å²) in [6, 6.07) is 9.96. The molecule has 0 bridgehead atoms. The van der Waals surface area contributed by atoms with Crippen LogP contribution < -0.4 is 11.1 Å². The van der Waals surface area contributed by atoms with Crippen LogP contribution in [0.3, 0.4) is 0 Å². The van der Waals surface area contributed by atoms with Crippen molar-refractivity contribution in [2.75, 3.05) is 11.1 Å². The normalized spacial score (nSPS) is 10.2. The van der Waals surface area contributed by atoms with Crippen LogP contribution in [0.1, 0.15) is 15.9 Å². The molecule has 0 unspecified atom stereocenters. The molecule has 98 valence electrons. The maximum absolute atomic E-state index is 12.1. The zero-order chi connectivity index (χ0) is 14.0. The first-order valence-electron chi connectivity index (χ1n) is 5.63. The number of aromatic hydroxyl groups is 1. The monoisotopic (exact) mass is 320 g/mol. The standard InChI is InChI=1S/C14H13BrN2O2/c1-8-2-4-10(16)7-12(8)17-14(19)9-3-5-11(15)13(18)6-9/h2-7,18H,16H2,1H3,(H,17,19). The fraction of sp³-hybridized carbons (Fsp3) is 0.0714. The van der Waals surface area contributed by atoms with Gasteiger partial charge in [0.1, 0.15) is 5.75 Å². The Hall–Kier alpha value is -2.01. The highest BCUT2D eigenvalue weighted by atomic mass is 79.9. The van der Waals surface area contributed by atoms with Crippen LogP contribution in [0.4, 0.5) is 11.4 Å². The number of hydrogen-bond donors (Lipinski definition) is 3. The Bertz CT molecular complexity index is 641. The first-order chi connectivity index (χ1) is 8.97. The second-order valence-corrected chi connectivity index (χ2v) is 5.05. The van der Waals surface area contributed by atoms with E-state index in [0.29, 0.717) is 21.4 Å². The lowest BCUT2D eigenvalue weighted by atomic mass is 10.1. The van der Waals surface area contributed by atoms with Crippen molar-refractivity contribution in [1.29, 1.82) is 0 Å².